The van der Waals surface area contributed by atoms with Gasteiger partial charge in [0, 0.05) is 17.5 Å². The summed E-state index contributed by atoms with van der Waals surface area (Å²) < 4.78 is 0. The molecule has 0 unspecified atom stereocenters. The Bertz CT molecular complexity index is 471. The third-order valence-electron chi connectivity index (χ3n) is 2.25. The van der Waals surface area contributed by atoms with Crippen molar-refractivity contribution in [3.05, 3.63) is 48.2 Å². The van der Waals surface area contributed by atoms with Crippen molar-refractivity contribution in [1.82, 2.24) is 4.98 Å². The van der Waals surface area contributed by atoms with Gasteiger partial charge in [-0.1, -0.05) is 30.4 Å². The maximum Gasteiger partial charge on any atom is 0.0707 e. The molecular weight excluding hydrogens is 206 g/mol. The number of pyridine rings is 1. The van der Waals surface area contributed by atoms with Crippen LogP contribution in [0.3, 0.4) is 0 Å². The van der Waals surface area contributed by atoms with Crippen molar-refractivity contribution in [2.75, 3.05) is 5.88 Å². The fraction of sp³-hybridized carbons (Fsp3) is 0.154. The maximum absolute atomic E-state index is 5.62. The second-order valence-corrected chi connectivity index (χ2v) is 3.68. The number of rotatable bonds is 3. The fourth-order valence-corrected chi connectivity index (χ4v) is 1.67. The minimum Gasteiger partial charge on any atom is -0.256 e. The molecule has 0 bridgehead atoms. The maximum atomic E-state index is 5.62. The number of fused-ring (bicyclic) bond motifs is 1. The molecule has 0 aliphatic heterocycles. The van der Waals surface area contributed by atoms with E-state index in [1.807, 2.05) is 24.4 Å². The number of benzene rings is 1. The molecule has 0 radical (unpaired) electrons. The zero-order valence-electron chi connectivity index (χ0n) is 8.36. The average molecular weight is 218 g/mol. The minimum absolute atomic E-state index is 0.666. The van der Waals surface area contributed by atoms with Crippen LogP contribution in [0.2, 0.25) is 0 Å². The van der Waals surface area contributed by atoms with Gasteiger partial charge in [-0.2, -0.15) is 0 Å². The molecule has 2 rings (SSSR count). The molecule has 0 aliphatic carbocycles. The Morgan fingerprint density at radius 2 is 2.13 bits per heavy atom. The number of aromatic nitrogens is 1. The van der Waals surface area contributed by atoms with Crippen molar-refractivity contribution >= 4 is 28.6 Å². The van der Waals surface area contributed by atoms with E-state index in [1.54, 1.807) is 0 Å². The minimum atomic E-state index is 0.666. The van der Waals surface area contributed by atoms with Crippen molar-refractivity contribution in [3.63, 3.8) is 0 Å². The molecule has 2 heteroatoms. The Hall–Kier alpha value is -1.34. The molecule has 1 aromatic carbocycles. The van der Waals surface area contributed by atoms with Crippen LogP contribution < -0.4 is 0 Å². The van der Waals surface area contributed by atoms with Crippen molar-refractivity contribution < 1.29 is 0 Å². The smallest absolute Gasteiger partial charge is 0.0707 e. The van der Waals surface area contributed by atoms with E-state index in [2.05, 4.69) is 29.3 Å². The van der Waals surface area contributed by atoms with Crippen molar-refractivity contribution in [3.8, 4) is 0 Å². The van der Waals surface area contributed by atoms with E-state index in [0.29, 0.717) is 5.88 Å². The summed E-state index contributed by atoms with van der Waals surface area (Å²) in [6.45, 7) is 0. The third-order valence-corrected chi connectivity index (χ3v) is 2.47. The Morgan fingerprint density at radius 3 is 3.00 bits per heavy atom. The van der Waals surface area contributed by atoms with Crippen LogP contribution in [0.5, 0.6) is 0 Å². The quantitative estimate of drug-likeness (QED) is 0.712. The zero-order valence-corrected chi connectivity index (χ0v) is 9.11. The summed E-state index contributed by atoms with van der Waals surface area (Å²) in [5.41, 5.74) is 2.23. The number of hydrogen-bond donors (Lipinski definition) is 0. The van der Waals surface area contributed by atoms with Gasteiger partial charge in [-0.05, 0) is 24.1 Å². The molecule has 0 saturated heterocycles. The summed E-state index contributed by atoms with van der Waals surface area (Å²) in [5, 5.41) is 1.19. The van der Waals surface area contributed by atoms with Gasteiger partial charge in [-0.15, -0.1) is 11.6 Å². The van der Waals surface area contributed by atoms with E-state index in [0.717, 1.165) is 11.9 Å². The fourth-order valence-electron chi connectivity index (χ4n) is 1.55. The topological polar surface area (TPSA) is 12.9 Å². The molecule has 2 aromatic rings. The zero-order chi connectivity index (χ0) is 10.5. The molecule has 1 nitrogen and oxygen atoms in total. The normalized spacial score (nSPS) is 11.3. The summed E-state index contributed by atoms with van der Waals surface area (Å²) in [4.78, 5) is 4.31. The molecule has 0 saturated carbocycles. The highest BCUT2D eigenvalue weighted by Crippen LogP contribution is 2.17. The van der Waals surface area contributed by atoms with Gasteiger partial charge in [-0.3, -0.25) is 4.98 Å². The van der Waals surface area contributed by atoms with Crippen LogP contribution in [0.1, 0.15) is 12.0 Å². The van der Waals surface area contributed by atoms with Gasteiger partial charge in [0.25, 0.3) is 0 Å². The third kappa shape index (κ3) is 2.37. The molecule has 0 spiro atoms. The summed E-state index contributed by atoms with van der Waals surface area (Å²) in [6.07, 6.45) is 6.91. The van der Waals surface area contributed by atoms with Gasteiger partial charge in [0.1, 0.15) is 0 Å². The molecule has 0 aliphatic rings. The molecule has 15 heavy (non-hydrogen) atoms. The molecule has 0 atom stereocenters. The molecule has 0 N–H and O–H groups in total. The van der Waals surface area contributed by atoms with Crippen LogP contribution >= 0.6 is 11.6 Å². The predicted molar refractivity (Wildman–Crippen MR) is 66.1 cm³/mol. The van der Waals surface area contributed by atoms with Crippen LogP contribution in [0.15, 0.2) is 42.6 Å². The van der Waals surface area contributed by atoms with Gasteiger partial charge >= 0.3 is 0 Å². The van der Waals surface area contributed by atoms with Gasteiger partial charge in [0.2, 0.25) is 0 Å². The van der Waals surface area contributed by atoms with E-state index in [-0.39, 0.29) is 0 Å². The van der Waals surface area contributed by atoms with Gasteiger partial charge in [0.15, 0.2) is 0 Å². The number of halogens is 1. The van der Waals surface area contributed by atoms with Crippen molar-refractivity contribution in [2.24, 2.45) is 0 Å². The summed E-state index contributed by atoms with van der Waals surface area (Å²) in [6, 6.07) is 10.2. The lowest BCUT2D eigenvalue weighted by molar-refractivity contribution is 1.24. The lowest BCUT2D eigenvalue weighted by atomic mass is 10.1. The molecule has 1 aromatic heterocycles. The molecule has 0 fully saturated rings. The Balaban J connectivity index is 2.42. The highest BCUT2D eigenvalue weighted by molar-refractivity contribution is 6.17. The predicted octanol–water partition coefficient (Wildman–Crippen LogP) is 3.88. The standard InChI is InChI=1S/C13H12ClN/c14-9-2-1-5-11-6-3-8-13-12(11)7-4-10-15-13/h1,3-8,10H,2,9H2/b5-1+. The van der Waals surface area contributed by atoms with Crippen LogP contribution in [0.4, 0.5) is 0 Å². The lowest BCUT2D eigenvalue weighted by Crippen LogP contribution is -1.80. The number of allylic oxidation sites excluding steroid dienone is 1. The van der Waals surface area contributed by atoms with Crippen LogP contribution in [0.25, 0.3) is 17.0 Å². The molecule has 0 amide bonds. The highest BCUT2D eigenvalue weighted by atomic mass is 35.5. The van der Waals surface area contributed by atoms with E-state index in [1.165, 1.54) is 10.9 Å². The van der Waals surface area contributed by atoms with Crippen LogP contribution in [-0.2, 0) is 0 Å². The Kier molecular flexibility index (Phi) is 3.36. The van der Waals surface area contributed by atoms with Crippen LogP contribution in [-0.4, -0.2) is 10.9 Å². The Morgan fingerprint density at radius 1 is 1.20 bits per heavy atom. The first-order chi connectivity index (χ1) is 7.42. The monoisotopic (exact) mass is 217 g/mol. The first kappa shape index (κ1) is 10.2. The van der Waals surface area contributed by atoms with Gasteiger partial charge in [0.05, 0.1) is 5.52 Å². The summed E-state index contributed by atoms with van der Waals surface area (Å²) in [7, 11) is 0. The lowest BCUT2D eigenvalue weighted by Gasteiger charge is -2.00. The second-order valence-electron chi connectivity index (χ2n) is 3.30. The number of nitrogens with zero attached hydrogens (tertiary/aromatic N) is 1. The van der Waals surface area contributed by atoms with Gasteiger partial charge in [-0.25, -0.2) is 0 Å². The van der Waals surface area contributed by atoms with Gasteiger partial charge < -0.3 is 0 Å². The molecule has 76 valence electrons. The first-order valence-corrected chi connectivity index (χ1v) is 5.51. The second kappa shape index (κ2) is 4.94. The SMILES string of the molecule is ClCC/C=C/c1cccc2ncccc12. The Labute approximate surface area is 94.4 Å². The van der Waals surface area contributed by atoms with E-state index in [4.69, 9.17) is 11.6 Å². The van der Waals surface area contributed by atoms with E-state index < -0.39 is 0 Å². The van der Waals surface area contributed by atoms with Crippen LogP contribution in [0, 0.1) is 0 Å². The summed E-state index contributed by atoms with van der Waals surface area (Å²) >= 11 is 5.62. The average Bonchev–Trinajstić information content (AvgIpc) is 2.30. The summed E-state index contributed by atoms with van der Waals surface area (Å²) in [5.74, 6) is 0.666. The largest absolute Gasteiger partial charge is 0.256 e. The highest BCUT2D eigenvalue weighted by Gasteiger charge is 1.96. The van der Waals surface area contributed by atoms with Crippen molar-refractivity contribution in [2.45, 2.75) is 6.42 Å². The molecule has 1 heterocycles. The van der Waals surface area contributed by atoms with E-state index >= 15 is 0 Å². The number of hydrogen-bond acceptors (Lipinski definition) is 1. The van der Waals surface area contributed by atoms with Crippen molar-refractivity contribution in [1.29, 1.82) is 0 Å². The van der Waals surface area contributed by atoms with E-state index in [9.17, 15) is 0 Å². The first-order valence-electron chi connectivity index (χ1n) is 4.98. The number of alkyl halides is 1. The molecular formula is C13H12ClN.